The summed E-state index contributed by atoms with van der Waals surface area (Å²) in [6.45, 7) is 5.31. The zero-order chi connectivity index (χ0) is 21.2. The third-order valence-corrected chi connectivity index (χ3v) is 10.2. The highest BCUT2D eigenvalue weighted by Gasteiger charge is 2.58. The molecule has 4 aliphatic carbocycles. The van der Waals surface area contributed by atoms with Gasteiger partial charge in [0.2, 0.25) is 5.91 Å². The first-order chi connectivity index (χ1) is 14.4. The molecule has 170 valence electrons. The van der Waals surface area contributed by atoms with Gasteiger partial charge < -0.3 is 5.73 Å². The first kappa shape index (κ1) is 22.4. The number of hydrogen-bond donors (Lipinski definition) is 1. The fraction of sp³-hybridized carbons (Fsp3) is 0.893. The van der Waals surface area contributed by atoms with Gasteiger partial charge in [0, 0.05) is 6.42 Å². The van der Waals surface area contributed by atoms with Gasteiger partial charge >= 0.3 is 0 Å². The zero-order valence-electron chi connectivity index (χ0n) is 19.9. The molecule has 0 aromatic carbocycles. The van der Waals surface area contributed by atoms with Gasteiger partial charge in [-0.15, -0.1) is 0 Å². The maximum atomic E-state index is 10.9. The third kappa shape index (κ3) is 4.40. The molecular weight excluding hydrogens is 366 g/mol. The number of amides is 1. The summed E-state index contributed by atoms with van der Waals surface area (Å²) in [7, 11) is 0. The van der Waals surface area contributed by atoms with Crippen molar-refractivity contribution in [2.45, 2.75) is 123 Å². The monoisotopic (exact) mass is 413 g/mol. The van der Waals surface area contributed by atoms with Crippen molar-refractivity contribution in [1.82, 2.24) is 0 Å². The minimum absolute atomic E-state index is 0.141. The molecule has 30 heavy (non-hydrogen) atoms. The topological polar surface area (TPSA) is 43.1 Å². The number of primary amides is 1. The number of rotatable bonds is 9. The van der Waals surface area contributed by atoms with E-state index in [0.717, 1.165) is 30.1 Å². The predicted molar refractivity (Wildman–Crippen MR) is 126 cm³/mol. The van der Waals surface area contributed by atoms with Crippen molar-refractivity contribution in [2.75, 3.05) is 0 Å². The maximum Gasteiger partial charge on any atom is 0.217 e. The van der Waals surface area contributed by atoms with E-state index in [2.05, 4.69) is 19.9 Å². The van der Waals surface area contributed by atoms with Gasteiger partial charge in [-0.2, -0.15) is 0 Å². The van der Waals surface area contributed by atoms with Crippen molar-refractivity contribution in [3.05, 3.63) is 11.6 Å². The first-order valence-electron chi connectivity index (χ1n) is 13.4. The Morgan fingerprint density at radius 3 is 2.53 bits per heavy atom. The number of hydrogen-bond acceptors (Lipinski definition) is 1. The molecule has 4 rings (SSSR count). The summed E-state index contributed by atoms with van der Waals surface area (Å²) in [5, 5.41) is 0. The van der Waals surface area contributed by atoms with Gasteiger partial charge in [0.15, 0.2) is 0 Å². The lowest BCUT2D eigenvalue weighted by Gasteiger charge is -2.60. The summed E-state index contributed by atoms with van der Waals surface area (Å²) in [5.74, 6) is 3.78. The molecule has 0 heterocycles. The average Bonchev–Trinajstić information content (AvgIpc) is 3.11. The Labute approximate surface area is 185 Å². The Bertz CT molecular complexity index is 639. The van der Waals surface area contributed by atoms with E-state index in [9.17, 15) is 4.79 Å². The van der Waals surface area contributed by atoms with Gasteiger partial charge in [0.25, 0.3) is 0 Å². The van der Waals surface area contributed by atoms with Gasteiger partial charge in [0.05, 0.1) is 0 Å². The van der Waals surface area contributed by atoms with Gasteiger partial charge in [-0.1, -0.05) is 64.0 Å². The van der Waals surface area contributed by atoms with Crippen LogP contribution in [0.25, 0.3) is 0 Å². The van der Waals surface area contributed by atoms with Crippen LogP contribution in [-0.2, 0) is 4.79 Å². The lowest BCUT2D eigenvalue weighted by atomic mass is 9.45. The van der Waals surface area contributed by atoms with E-state index >= 15 is 0 Å². The number of unbranched alkanes of at least 4 members (excludes halogenated alkanes) is 5. The molecule has 0 saturated heterocycles. The second-order valence-electron chi connectivity index (χ2n) is 12.0. The number of nitrogens with two attached hydrogens (primary N) is 1. The van der Waals surface area contributed by atoms with E-state index < -0.39 is 0 Å². The van der Waals surface area contributed by atoms with E-state index in [0.29, 0.717) is 17.3 Å². The fourth-order valence-electron chi connectivity index (χ4n) is 8.59. The second kappa shape index (κ2) is 9.37. The Morgan fingerprint density at radius 1 is 0.967 bits per heavy atom. The molecule has 6 atom stereocenters. The lowest BCUT2D eigenvalue weighted by molar-refractivity contribution is -0.118. The highest BCUT2D eigenvalue weighted by Crippen LogP contribution is 2.67. The summed E-state index contributed by atoms with van der Waals surface area (Å²) in [6.07, 6.45) is 25.4. The van der Waals surface area contributed by atoms with Crippen LogP contribution in [-0.4, -0.2) is 5.91 Å². The molecular formula is C28H47NO. The SMILES string of the molecule is C[C@@]12CCC[C@H]1[C@@H]1[C@H](CCCCCCCCC(N)=O)CC3=CCCC[C@]3(C)[C@H]1CC2. The van der Waals surface area contributed by atoms with E-state index in [1.165, 1.54) is 96.3 Å². The van der Waals surface area contributed by atoms with Crippen LogP contribution >= 0.6 is 0 Å². The zero-order valence-corrected chi connectivity index (χ0v) is 19.9. The molecule has 2 nitrogen and oxygen atoms in total. The molecule has 0 radical (unpaired) electrons. The van der Waals surface area contributed by atoms with Crippen molar-refractivity contribution < 1.29 is 4.79 Å². The lowest BCUT2D eigenvalue weighted by Crippen LogP contribution is -2.52. The van der Waals surface area contributed by atoms with Crippen LogP contribution in [0, 0.1) is 34.5 Å². The molecule has 0 aromatic heterocycles. The van der Waals surface area contributed by atoms with Gasteiger partial charge in [-0.25, -0.2) is 0 Å². The quantitative estimate of drug-likeness (QED) is 0.307. The Hall–Kier alpha value is -0.790. The van der Waals surface area contributed by atoms with Crippen molar-refractivity contribution in [2.24, 2.45) is 40.2 Å². The van der Waals surface area contributed by atoms with Gasteiger partial charge in [-0.3, -0.25) is 4.79 Å². The standard InChI is InChI=1S/C28H47NO/c1-27-17-11-14-23(27)26-21(12-7-5-3-4-6-8-15-25(29)30)20-22-13-9-10-18-28(22,2)24(26)16-19-27/h13,21,23-24,26H,3-12,14-20H2,1-2H3,(H2,29,30)/t21-,23+,24+,26+,27+,28+/m1/s1. The molecule has 0 bridgehead atoms. The normalized spacial score (nSPS) is 40.3. The number of carbonyl (C=O) groups excluding carboxylic acids is 1. The van der Waals surface area contributed by atoms with Crippen molar-refractivity contribution in [3.63, 3.8) is 0 Å². The molecule has 0 aliphatic heterocycles. The Morgan fingerprint density at radius 2 is 1.73 bits per heavy atom. The second-order valence-corrected chi connectivity index (χ2v) is 12.0. The predicted octanol–water partition coefficient (Wildman–Crippen LogP) is 7.56. The molecule has 2 N–H and O–H groups in total. The van der Waals surface area contributed by atoms with E-state index in [4.69, 9.17) is 5.73 Å². The molecule has 3 fully saturated rings. The molecule has 2 heteroatoms. The summed E-state index contributed by atoms with van der Waals surface area (Å²) >= 11 is 0. The highest BCUT2D eigenvalue weighted by molar-refractivity contribution is 5.73. The molecule has 1 amide bonds. The Kier molecular flexibility index (Phi) is 7.00. The van der Waals surface area contributed by atoms with Gasteiger partial charge in [0.1, 0.15) is 0 Å². The fourth-order valence-corrected chi connectivity index (χ4v) is 8.59. The summed E-state index contributed by atoms with van der Waals surface area (Å²) in [4.78, 5) is 10.9. The number of allylic oxidation sites excluding steroid dienone is 2. The first-order valence-corrected chi connectivity index (χ1v) is 13.4. The highest BCUT2D eigenvalue weighted by atomic mass is 16.1. The minimum Gasteiger partial charge on any atom is -0.370 e. The molecule has 4 aliphatic rings. The van der Waals surface area contributed by atoms with Gasteiger partial charge in [-0.05, 0) is 98.7 Å². The van der Waals surface area contributed by atoms with Crippen LogP contribution in [0.2, 0.25) is 0 Å². The largest absolute Gasteiger partial charge is 0.370 e. The smallest absolute Gasteiger partial charge is 0.217 e. The molecule has 0 aromatic rings. The van der Waals surface area contributed by atoms with Crippen molar-refractivity contribution >= 4 is 5.91 Å². The third-order valence-electron chi connectivity index (χ3n) is 10.2. The van der Waals surface area contributed by atoms with Crippen molar-refractivity contribution in [1.29, 1.82) is 0 Å². The summed E-state index contributed by atoms with van der Waals surface area (Å²) in [5.41, 5.74) is 8.31. The molecule has 0 unspecified atom stereocenters. The van der Waals surface area contributed by atoms with Crippen LogP contribution in [0.5, 0.6) is 0 Å². The van der Waals surface area contributed by atoms with Crippen LogP contribution in [0.15, 0.2) is 11.6 Å². The summed E-state index contributed by atoms with van der Waals surface area (Å²) < 4.78 is 0. The maximum absolute atomic E-state index is 10.9. The Balaban J connectivity index is 1.36. The average molecular weight is 414 g/mol. The summed E-state index contributed by atoms with van der Waals surface area (Å²) in [6, 6.07) is 0. The molecule has 3 saturated carbocycles. The number of carbonyl (C=O) groups is 1. The van der Waals surface area contributed by atoms with Crippen LogP contribution in [0.1, 0.15) is 123 Å². The van der Waals surface area contributed by atoms with E-state index in [-0.39, 0.29) is 5.91 Å². The number of fused-ring (bicyclic) bond motifs is 5. The van der Waals surface area contributed by atoms with E-state index in [1.807, 2.05) is 5.57 Å². The van der Waals surface area contributed by atoms with Crippen LogP contribution in [0.3, 0.4) is 0 Å². The van der Waals surface area contributed by atoms with Crippen molar-refractivity contribution in [3.8, 4) is 0 Å². The van der Waals surface area contributed by atoms with Crippen LogP contribution < -0.4 is 5.73 Å². The molecule has 0 spiro atoms. The minimum atomic E-state index is -0.141. The van der Waals surface area contributed by atoms with Crippen LogP contribution in [0.4, 0.5) is 0 Å². The van der Waals surface area contributed by atoms with E-state index in [1.54, 1.807) is 0 Å².